The molecule has 0 aliphatic heterocycles. The minimum absolute atomic E-state index is 1.06. The van der Waals surface area contributed by atoms with Crippen LogP contribution in [0.3, 0.4) is 0 Å². The summed E-state index contributed by atoms with van der Waals surface area (Å²) in [5, 5.41) is 2.86. The van der Waals surface area contributed by atoms with Crippen molar-refractivity contribution in [3.8, 4) is 11.1 Å². The average molecular weight is 230 g/mol. The number of rotatable bonds is 0. The van der Waals surface area contributed by atoms with Gasteiger partial charge in [-0.25, -0.2) is 0 Å². The van der Waals surface area contributed by atoms with Crippen molar-refractivity contribution in [3.05, 3.63) is 71.3 Å². The number of fused-ring (bicyclic) bond motifs is 2. The Bertz CT molecular complexity index is 766. The first-order valence-corrected chi connectivity index (χ1v) is 6.44. The first kappa shape index (κ1) is 9.90. The van der Waals surface area contributed by atoms with Crippen molar-refractivity contribution in [2.75, 3.05) is 0 Å². The van der Waals surface area contributed by atoms with Crippen LogP contribution in [0.2, 0.25) is 0 Å². The number of hydrogen-bond acceptors (Lipinski definition) is 0. The molecule has 0 saturated heterocycles. The molecule has 0 saturated carbocycles. The molecule has 0 unspecified atom stereocenters. The molecule has 0 heteroatoms. The quantitative estimate of drug-likeness (QED) is 0.410. The fraction of sp³-hybridized carbons (Fsp3) is 0.111. The van der Waals surface area contributed by atoms with E-state index in [1.54, 1.807) is 0 Å². The lowest BCUT2D eigenvalue weighted by molar-refractivity contribution is 1.19. The Morgan fingerprint density at radius 1 is 0.722 bits per heavy atom. The van der Waals surface area contributed by atoms with Gasteiger partial charge in [-0.3, -0.25) is 0 Å². The summed E-state index contributed by atoms with van der Waals surface area (Å²) in [5.74, 6) is 0. The van der Waals surface area contributed by atoms with Crippen LogP contribution >= 0.6 is 0 Å². The summed E-state index contributed by atoms with van der Waals surface area (Å²) < 4.78 is 0. The zero-order valence-electron chi connectivity index (χ0n) is 10.4. The maximum atomic E-state index is 2.29. The second-order valence-corrected chi connectivity index (χ2v) is 5.10. The van der Waals surface area contributed by atoms with Gasteiger partial charge in [0.2, 0.25) is 0 Å². The Kier molecular flexibility index (Phi) is 1.90. The predicted octanol–water partition coefficient (Wildman–Crippen LogP) is 4.72. The Labute approximate surface area is 107 Å². The molecular formula is C18H14. The van der Waals surface area contributed by atoms with Gasteiger partial charge >= 0.3 is 0 Å². The van der Waals surface area contributed by atoms with Gasteiger partial charge in [-0.15, -0.1) is 0 Å². The maximum absolute atomic E-state index is 2.29. The van der Waals surface area contributed by atoms with Gasteiger partial charge in [0, 0.05) is 0 Å². The van der Waals surface area contributed by atoms with Crippen molar-refractivity contribution in [1.82, 2.24) is 0 Å². The van der Waals surface area contributed by atoms with Crippen LogP contribution in [0, 0.1) is 6.92 Å². The summed E-state index contributed by atoms with van der Waals surface area (Å²) in [6.45, 7) is 2.20. The zero-order valence-corrected chi connectivity index (χ0v) is 10.4. The fourth-order valence-electron chi connectivity index (χ4n) is 3.14. The summed E-state index contributed by atoms with van der Waals surface area (Å²) >= 11 is 0. The molecule has 0 nitrogen and oxygen atoms in total. The van der Waals surface area contributed by atoms with Crippen LogP contribution in [0.1, 0.15) is 16.7 Å². The van der Waals surface area contributed by atoms with Crippen molar-refractivity contribution in [1.29, 1.82) is 0 Å². The third kappa shape index (κ3) is 1.20. The van der Waals surface area contributed by atoms with Gasteiger partial charge in [-0.1, -0.05) is 54.6 Å². The van der Waals surface area contributed by atoms with Crippen molar-refractivity contribution < 1.29 is 0 Å². The van der Waals surface area contributed by atoms with E-state index in [4.69, 9.17) is 0 Å². The predicted molar refractivity (Wildman–Crippen MR) is 76.9 cm³/mol. The lowest BCUT2D eigenvalue weighted by Crippen LogP contribution is -2.01. The maximum Gasteiger partial charge on any atom is -0.00132 e. The van der Waals surface area contributed by atoms with Gasteiger partial charge in [0.25, 0.3) is 0 Å². The second-order valence-electron chi connectivity index (χ2n) is 5.10. The van der Waals surface area contributed by atoms with Gasteiger partial charge in [-0.2, -0.15) is 0 Å². The lowest BCUT2D eigenvalue weighted by atomic mass is 9.83. The van der Waals surface area contributed by atoms with Crippen LogP contribution in [0.4, 0.5) is 0 Å². The van der Waals surface area contributed by atoms with Crippen molar-refractivity contribution >= 4 is 10.8 Å². The molecule has 0 amide bonds. The Balaban J connectivity index is 2.22. The van der Waals surface area contributed by atoms with E-state index in [9.17, 15) is 0 Å². The molecule has 0 fully saturated rings. The summed E-state index contributed by atoms with van der Waals surface area (Å²) in [7, 11) is 0. The monoisotopic (exact) mass is 230 g/mol. The van der Waals surface area contributed by atoms with E-state index in [-0.39, 0.29) is 0 Å². The Hall–Kier alpha value is -2.08. The van der Waals surface area contributed by atoms with Crippen LogP contribution in [-0.4, -0.2) is 0 Å². The van der Waals surface area contributed by atoms with E-state index in [0.29, 0.717) is 0 Å². The molecule has 0 heterocycles. The molecule has 1 aliphatic carbocycles. The van der Waals surface area contributed by atoms with Crippen molar-refractivity contribution in [3.63, 3.8) is 0 Å². The Morgan fingerprint density at radius 3 is 2.50 bits per heavy atom. The van der Waals surface area contributed by atoms with E-state index in [1.807, 2.05) is 0 Å². The highest BCUT2D eigenvalue weighted by molar-refractivity contribution is 6.03. The van der Waals surface area contributed by atoms with Crippen LogP contribution in [0.15, 0.2) is 54.6 Å². The molecule has 4 rings (SSSR count). The molecule has 0 aromatic heterocycles. The van der Waals surface area contributed by atoms with E-state index in [1.165, 1.54) is 38.6 Å². The Morgan fingerprint density at radius 2 is 1.56 bits per heavy atom. The SMILES string of the molecule is Cc1ccc2c3c(cccc13)-c1ccccc1C2. The number of hydrogen-bond donors (Lipinski definition) is 0. The van der Waals surface area contributed by atoms with Crippen molar-refractivity contribution in [2.45, 2.75) is 13.3 Å². The molecule has 3 aromatic carbocycles. The first-order chi connectivity index (χ1) is 8.84. The summed E-state index contributed by atoms with van der Waals surface area (Å²) in [4.78, 5) is 0. The minimum atomic E-state index is 1.06. The minimum Gasteiger partial charge on any atom is -0.0619 e. The van der Waals surface area contributed by atoms with E-state index in [0.717, 1.165) is 6.42 Å². The number of benzene rings is 3. The van der Waals surface area contributed by atoms with Crippen molar-refractivity contribution in [2.24, 2.45) is 0 Å². The molecule has 0 bridgehead atoms. The standard InChI is InChI=1S/C18H14/c1-12-9-10-14-11-13-5-2-3-6-16(13)17-8-4-7-15(12)18(14)17/h2-10H,11H2,1H3. The van der Waals surface area contributed by atoms with Gasteiger partial charge in [0.05, 0.1) is 0 Å². The van der Waals surface area contributed by atoms with E-state index >= 15 is 0 Å². The first-order valence-electron chi connectivity index (χ1n) is 6.44. The molecular weight excluding hydrogens is 216 g/mol. The molecule has 0 atom stereocenters. The second kappa shape index (κ2) is 3.46. The third-order valence-electron chi connectivity index (χ3n) is 4.03. The molecule has 0 spiro atoms. The average Bonchev–Trinajstić information content (AvgIpc) is 2.43. The largest absolute Gasteiger partial charge is 0.0619 e. The van der Waals surface area contributed by atoms with Gasteiger partial charge < -0.3 is 0 Å². The summed E-state index contributed by atoms with van der Waals surface area (Å²) in [5.41, 5.74) is 7.08. The van der Waals surface area contributed by atoms with Crippen LogP contribution in [-0.2, 0) is 6.42 Å². The molecule has 18 heavy (non-hydrogen) atoms. The highest BCUT2D eigenvalue weighted by Crippen LogP contribution is 2.39. The molecule has 3 aromatic rings. The van der Waals surface area contributed by atoms with E-state index < -0.39 is 0 Å². The van der Waals surface area contributed by atoms with Crippen LogP contribution in [0.5, 0.6) is 0 Å². The molecule has 0 radical (unpaired) electrons. The number of aryl methyl sites for hydroxylation is 1. The van der Waals surface area contributed by atoms with Gasteiger partial charge in [0.15, 0.2) is 0 Å². The zero-order chi connectivity index (χ0) is 12.1. The van der Waals surface area contributed by atoms with Gasteiger partial charge in [0.1, 0.15) is 0 Å². The van der Waals surface area contributed by atoms with Gasteiger partial charge in [-0.05, 0) is 51.9 Å². The molecule has 86 valence electrons. The summed E-state index contributed by atoms with van der Waals surface area (Å²) in [6, 6.07) is 20.0. The normalized spacial score (nSPS) is 12.5. The topological polar surface area (TPSA) is 0 Å². The smallest absolute Gasteiger partial charge is 0.00132 e. The molecule has 1 aliphatic rings. The van der Waals surface area contributed by atoms with Crippen LogP contribution < -0.4 is 0 Å². The lowest BCUT2D eigenvalue weighted by Gasteiger charge is -2.21. The van der Waals surface area contributed by atoms with Crippen LogP contribution in [0.25, 0.3) is 21.9 Å². The summed E-state index contributed by atoms with van der Waals surface area (Å²) in [6.07, 6.45) is 1.06. The third-order valence-corrected chi connectivity index (χ3v) is 4.03. The fourth-order valence-corrected chi connectivity index (χ4v) is 3.14. The van der Waals surface area contributed by atoms with E-state index in [2.05, 4.69) is 61.5 Å². The highest BCUT2D eigenvalue weighted by Gasteiger charge is 2.17. The highest BCUT2D eigenvalue weighted by atomic mass is 14.2. The molecule has 0 N–H and O–H groups in total.